The molecule has 0 bridgehead atoms. The van der Waals surface area contributed by atoms with E-state index >= 15 is 0 Å². The van der Waals surface area contributed by atoms with E-state index in [1.54, 1.807) is 25.2 Å². The Balaban J connectivity index is 0.00000149. The smallest absolute Gasteiger partial charge is 0.292 e. The standard InChI is InChI=1S/C19H19Cl2N5O4S.C2H6/c1-24-19(27)17(25-6-8-30-9-7-25)18-22-11-13(12-26(18)24)23-31(28,29)10-5-14-15(20)3-2-4-16(14)21;1-2/h2-5,10-12,23H,6-9H2,1H3;1-2H3/b10-5+;. The number of morpholine rings is 1. The van der Waals surface area contributed by atoms with Gasteiger partial charge in [-0.2, -0.15) is 0 Å². The van der Waals surface area contributed by atoms with Crippen molar-refractivity contribution in [1.29, 1.82) is 0 Å². The highest BCUT2D eigenvalue weighted by molar-refractivity contribution is 7.95. The van der Waals surface area contributed by atoms with Gasteiger partial charge in [-0.1, -0.05) is 43.1 Å². The van der Waals surface area contributed by atoms with E-state index in [2.05, 4.69) is 9.71 Å². The molecular weight excluding hydrogens is 489 g/mol. The molecule has 1 N–H and O–H groups in total. The number of aromatic nitrogens is 3. The Kier molecular flexibility index (Phi) is 8.06. The Morgan fingerprint density at radius 1 is 1.15 bits per heavy atom. The van der Waals surface area contributed by atoms with Crippen molar-refractivity contribution in [3.05, 3.63) is 62.0 Å². The zero-order valence-corrected chi connectivity index (χ0v) is 20.8. The van der Waals surface area contributed by atoms with E-state index in [0.29, 0.717) is 53.2 Å². The number of benzene rings is 1. The second-order valence-electron chi connectivity index (χ2n) is 6.87. The zero-order chi connectivity index (χ0) is 24.2. The predicted molar refractivity (Wildman–Crippen MR) is 133 cm³/mol. The van der Waals surface area contributed by atoms with Crippen molar-refractivity contribution >= 4 is 56.3 Å². The van der Waals surface area contributed by atoms with E-state index in [0.717, 1.165) is 5.41 Å². The van der Waals surface area contributed by atoms with Crippen LogP contribution in [0.5, 0.6) is 0 Å². The third-order valence-electron chi connectivity index (χ3n) is 4.84. The first kappa shape index (κ1) is 25.1. The molecule has 3 heterocycles. The van der Waals surface area contributed by atoms with Crippen molar-refractivity contribution < 1.29 is 13.2 Å². The van der Waals surface area contributed by atoms with Gasteiger partial charge in [-0.05, 0) is 18.2 Å². The van der Waals surface area contributed by atoms with Gasteiger partial charge in [-0.25, -0.2) is 22.6 Å². The summed E-state index contributed by atoms with van der Waals surface area (Å²) in [5.41, 5.74) is 1.28. The van der Waals surface area contributed by atoms with Crippen LogP contribution >= 0.6 is 23.2 Å². The Bertz CT molecular complexity index is 1310. The summed E-state index contributed by atoms with van der Waals surface area (Å²) in [7, 11) is -2.29. The average molecular weight is 514 g/mol. The van der Waals surface area contributed by atoms with Crippen LogP contribution < -0.4 is 15.2 Å². The van der Waals surface area contributed by atoms with Crippen LogP contribution in [0.2, 0.25) is 10.0 Å². The SMILES string of the molecule is CC.Cn1c(=O)c(N2CCOCC2)c2ncc(NS(=O)(=O)/C=C/c3c(Cl)cccc3Cl)cn21. The third-order valence-corrected chi connectivity index (χ3v) is 6.51. The fourth-order valence-electron chi connectivity index (χ4n) is 3.30. The lowest BCUT2D eigenvalue weighted by atomic mass is 10.2. The average Bonchev–Trinajstić information content (AvgIpc) is 3.05. The van der Waals surface area contributed by atoms with Gasteiger partial charge in [-0.3, -0.25) is 9.52 Å². The molecule has 1 aromatic carbocycles. The number of nitrogens with one attached hydrogen (secondary N) is 1. The number of fused-ring (bicyclic) bond motifs is 1. The molecule has 1 aliphatic rings. The number of aryl methyl sites for hydroxylation is 1. The first-order valence-electron chi connectivity index (χ1n) is 10.3. The van der Waals surface area contributed by atoms with Crippen molar-refractivity contribution in [1.82, 2.24) is 14.2 Å². The van der Waals surface area contributed by atoms with Crippen molar-refractivity contribution in [2.45, 2.75) is 13.8 Å². The van der Waals surface area contributed by atoms with E-state index in [1.807, 2.05) is 18.7 Å². The van der Waals surface area contributed by atoms with Gasteiger partial charge in [0, 0.05) is 35.7 Å². The molecule has 0 unspecified atom stereocenters. The van der Waals surface area contributed by atoms with Gasteiger partial charge in [0.25, 0.3) is 15.6 Å². The van der Waals surface area contributed by atoms with Gasteiger partial charge in [-0.15, -0.1) is 0 Å². The second-order valence-corrected chi connectivity index (χ2v) is 9.25. The predicted octanol–water partition coefficient (Wildman–Crippen LogP) is 3.62. The Morgan fingerprint density at radius 3 is 2.42 bits per heavy atom. The summed E-state index contributed by atoms with van der Waals surface area (Å²) in [5, 5.41) is 1.64. The maximum absolute atomic E-state index is 12.8. The van der Waals surface area contributed by atoms with Crippen LogP contribution in [-0.2, 0) is 21.8 Å². The molecule has 33 heavy (non-hydrogen) atoms. The quantitative estimate of drug-likeness (QED) is 0.559. The van der Waals surface area contributed by atoms with E-state index in [9.17, 15) is 13.2 Å². The minimum atomic E-state index is -3.89. The first-order valence-corrected chi connectivity index (χ1v) is 12.6. The molecule has 0 aliphatic carbocycles. The number of ether oxygens (including phenoxy) is 1. The highest BCUT2D eigenvalue weighted by Crippen LogP contribution is 2.26. The van der Waals surface area contributed by atoms with Gasteiger partial charge in [0.2, 0.25) is 0 Å². The largest absolute Gasteiger partial charge is 0.378 e. The van der Waals surface area contributed by atoms with Crippen LogP contribution in [0.25, 0.3) is 11.7 Å². The highest BCUT2D eigenvalue weighted by atomic mass is 35.5. The molecule has 0 atom stereocenters. The zero-order valence-electron chi connectivity index (χ0n) is 18.5. The summed E-state index contributed by atoms with van der Waals surface area (Å²) in [6, 6.07) is 4.90. The van der Waals surface area contributed by atoms with Crippen molar-refractivity contribution in [3.63, 3.8) is 0 Å². The minimum absolute atomic E-state index is 0.196. The van der Waals surface area contributed by atoms with Crippen LogP contribution in [-0.4, -0.2) is 48.9 Å². The fourth-order valence-corrected chi connectivity index (χ4v) is 4.64. The summed E-state index contributed by atoms with van der Waals surface area (Å²) < 4.78 is 35.7. The lowest BCUT2D eigenvalue weighted by Gasteiger charge is -2.26. The van der Waals surface area contributed by atoms with E-state index in [1.165, 1.54) is 27.7 Å². The Hall–Kier alpha value is -2.53. The summed E-state index contributed by atoms with van der Waals surface area (Å²) in [6.45, 7) is 6.22. The molecule has 0 amide bonds. The molecule has 1 saturated heterocycles. The van der Waals surface area contributed by atoms with Crippen molar-refractivity contribution in [3.8, 4) is 0 Å². The summed E-state index contributed by atoms with van der Waals surface area (Å²) in [4.78, 5) is 19.0. The molecule has 12 heteroatoms. The van der Waals surface area contributed by atoms with Crippen LogP contribution in [0.15, 0.2) is 40.8 Å². The summed E-state index contributed by atoms with van der Waals surface area (Å²) in [5.74, 6) is 0. The lowest BCUT2D eigenvalue weighted by Crippen LogP contribution is -2.39. The number of hydrogen-bond donors (Lipinski definition) is 1. The van der Waals surface area contributed by atoms with Gasteiger partial charge in [0.1, 0.15) is 5.69 Å². The van der Waals surface area contributed by atoms with Crippen LogP contribution in [0, 0.1) is 0 Å². The maximum Gasteiger partial charge on any atom is 0.292 e. The molecule has 0 radical (unpaired) electrons. The molecule has 4 rings (SSSR count). The van der Waals surface area contributed by atoms with Crippen molar-refractivity contribution in [2.24, 2.45) is 7.05 Å². The van der Waals surface area contributed by atoms with Crippen LogP contribution in [0.4, 0.5) is 11.4 Å². The van der Waals surface area contributed by atoms with Crippen molar-refractivity contribution in [2.75, 3.05) is 35.9 Å². The van der Waals surface area contributed by atoms with E-state index < -0.39 is 10.0 Å². The monoisotopic (exact) mass is 513 g/mol. The molecule has 1 aliphatic heterocycles. The van der Waals surface area contributed by atoms with Gasteiger partial charge in [0.05, 0.1) is 36.7 Å². The topological polar surface area (TPSA) is 97.9 Å². The number of hydrogen-bond acceptors (Lipinski definition) is 6. The summed E-state index contributed by atoms with van der Waals surface area (Å²) in [6.07, 6.45) is 4.19. The first-order chi connectivity index (χ1) is 15.8. The third kappa shape index (κ3) is 5.52. The number of nitrogens with zero attached hydrogens (tertiary/aromatic N) is 4. The van der Waals surface area contributed by atoms with E-state index in [4.69, 9.17) is 27.9 Å². The fraction of sp³-hybridized carbons (Fsp3) is 0.333. The molecule has 0 spiro atoms. The summed E-state index contributed by atoms with van der Waals surface area (Å²) >= 11 is 12.1. The molecular formula is C21H25Cl2N5O4S. The maximum atomic E-state index is 12.8. The van der Waals surface area contributed by atoms with Gasteiger partial charge < -0.3 is 9.64 Å². The molecule has 9 nitrogen and oxygen atoms in total. The second kappa shape index (κ2) is 10.6. The van der Waals surface area contributed by atoms with Gasteiger partial charge >= 0.3 is 0 Å². The molecule has 3 aromatic rings. The highest BCUT2D eigenvalue weighted by Gasteiger charge is 2.22. The number of halogens is 2. The normalized spacial score (nSPS) is 14.4. The lowest BCUT2D eigenvalue weighted by molar-refractivity contribution is 0.122. The van der Waals surface area contributed by atoms with Crippen LogP contribution in [0.3, 0.4) is 0 Å². The number of rotatable bonds is 5. The van der Waals surface area contributed by atoms with Crippen LogP contribution in [0.1, 0.15) is 19.4 Å². The molecule has 178 valence electrons. The Morgan fingerprint density at radius 2 is 1.79 bits per heavy atom. The molecule has 1 fully saturated rings. The van der Waals surface area contributed by atoms with E-state index in [-0.39, 0.29) is 11.2 Å². The number of anilines is 2. The number of sulfonamides is 1. The molecule has 0 saturated carbocycles. The molecule has 2 aromatic heterocycles. The van der Waals surface area contributed by atoms with Gasteiger partial charge in [0.15, 0.2) is 5.65 Å². The minimum Gasteiger partial charge on any atom is -0.378 e. The Labute approximate surface area is 202 Å².